The van der Waals surface area contributed by atoms with Gasteiger partial charge in [0, 0.05) is 26.5 Å². The van der Waals surface area contributed by atoms with Crippen LogP contribution in [0.4, 0.5) is 0 Å². The maximum atomic E-state index is 4.55. The Bertz CT molecular complexity index is 525. The van der Waals surface area contributed by atoms with Crippen LogP contribution in [0.15, 0.2) is 56.9 Å². The van der Waals surface area contributed by atoms with Crippen molar-refractivity contribution in [1.82, 2.24) is 10.3 Å². The van der Waals surface area contributed by atoms with E-state index in [9.17, 15) is 0 Å². The SMILES string of the molecule is CCCNC(C)c1ccc(Sc2ccc(Br)cc2)cn1. The second kappa shape index (κ2) is 7.81. The van der Waals surface area contributed by atoms with Crippen LogP contribution < -0.4 is 5.32 Å². The fourth-order valence-corrected chi connectivity index (χ4v) is 2.86. The molecule has 1 aromatic heterocycles. The third-order valence-electron chi connectivity index (χ3n) is 2.95. The van der Waals surface area contributed by atoms with Crippen molar-refractivity contribution in [3.05, 3.63) is 52.8 Å². The molecule has 0 aliphatic heterocycles. The van der Waals surface area contributed by atoms with Crippen LogP contribution in [-0.2, 0) is 0 Å². The predicted octanol–water partition coefficient (Wildman–Crippen LogP) is 5.06. The van der Waals surface area contributed by atoms with Crippen molar-refractivity contribution < 1.29 is 0 Å². The minimum absolute atomic E-state index is 0.307. The molecule has 0 amide bonds. The van der Waals surface area contributed by atoms with Gasteiger partial charge in [-0.3, -0.25) is 4.98 Å². The topological polar surface area (TPSA) is 24.9 Å². The van der Waals surface area contributed by atoms with E-state index < -0.39 is 0 Å². The van der Waals surface area contributed by atoms with Crippen LogP contribution in [-0.4, -0.2) is 11.5 Å². The van der Waals surface area contributed by atoms with Gasteiger partial charge in [-0.15, -0.1) is 0 Å². The molecule has 2 aromatic rings. The molecule has 4 heteroatoms. The lowest BCUT2D eigenvalue weighted by Crippen LogP contribution is -2.20. The van der Waals surface area contributed by atoms with E-state index in [1.807, 2.05) is 6.20 Å². The van der Waals surface area contributed by atoms with Crippen molar-refractivity contribution >= 4 is 27.7 Å². The summed E-state index contributed by atoms with van der Waals surface area (Å²) in [5.74, 6) is 0. The zero-order valence-corrected chi connectivity index (χ0v) is 14.2. The zero-order chi connectivity index (χ0) is 14.4. The summed E-state index contributed by atoms with van der Waals surface area (Å²) in [6.07, 6.45) is 3.09. The fourth-order valence-electron chi connectivity index (χ4n) is 1.81. The lowest BCUT2D eigenvalue weighted by molar-refractivity contribution is 0.558. The fraction of sp³-hybridized carbons (Fsp3) is 0.312. The van der Waals surface area contributed by atoms with Crippen LogP contribution in [0, 0.1) is 0 Å². The lowest BCUT2D eigenvalue weighted by Gasteiger charge is -2.12. The Hall–Kier alpha value is -0.840. The first kappa shape index (κ1) is 15.5. The van der Waals surface area contributed by atoms with Crippen molar-refractivity contribution in [1.29, 1.82) is 0 Å². The normalized spacial score (nSPS) is 12.3. The van der Waals surface area contributed by atoms with E-state index in [-0.39, 0.29) is 0 Å². The van der Waals surface area contributed by atoms with Crippen LogP contribution in [0.2, 0.25) is 0 Å². The molecule has 0 aliphatic rings. The molecule has 0 saturated heterocycles. The Labute approximate surface area is 133 Å². The molecule has 20 heavy (non-hydrogen) atoms. The Morgan fingerprint density at radius 3 is 2.45 bits per heavy atom. The molecule has 0 spiro atoms. The van der Waals surface area contributed by atoms with Crippen LogP contribution >= 0.6 is 27.7 Å². The summed E-state index contributed by atoms with van der Waals surface area (Å²) in [6.45, 7) is 5.35. The monoisotopic (exact) mass is 350 g/mol. The molecule has 0 saturated carbocycles. The van der Waals surface area contributed by atoms with Crippen molar-refractivity contribution in [2.75, 3.05) is 6.54 Å². The number of aromatic nitrogens is 1. The van der Waals surface area contributed by atoms with E-state index in [2.05, 4.69) is 76.5 Å². The van der Waals surface area contributed by atoms with Gasteiger partial charge in [-0.2, -0.15) is 0 Å². The summed E-state index contributed by atoms with van der Waals surface area (Å²) in [5, 5.41) is 3.45. The standard InChI is InChI=1S/C16H19BrN2S/c1-3-10-18-12(2)16-9-8-15(11-19-16)20-14-6-4-13(17)5-7-14/h4-9,11-12,18H,3,10H2,1-2H3. The van der Waals surface area contributed by atoms with Gasteiger partial charge in [0.1, 0.15) is 0 Å². The maximum absolute atomic E-state index is 4.55. The smallest absolute Gasteiger partial charge is 0.0571 e. The molecule has 2 rings (SSSR count). The van der Waals surface area contributed by atoms with E-state index in [0.29, 0.717) is 6.04 Å². The highest BCUT2D eigenvalue weighted by Gasteiger charge is 2.06. The van der Waals surface area contributed by atoms with Crippen LogP contribution in [0.25, 0.3) is 0 Å². The summed E-state index contributed by atoms with van der Waals surface area (Å²) in [6, 6.07) is 12.9. The average molecular weight is 351 g/mol. The van der Waals surface area contributed by atoms with E-state index in [4.69, 9.17) is 0 Å². The predicted molar refractivity (Wildman–Crippen MR) is 89.2 cm³/mol. The lowest BCUT2D eigenvalue weighted by atomic mass is 10.2. The summed E-state index contributed by atoms with van der Waals surface area (Å²) in [7, 11) is 0. The molecule has 1 N–H and O–H groups in total. The summed E-state index contributed by atoms with van der Waals surface area (Å²) in [4.78, 5) is 6.94. The number of hydrogen-bond donors (Lipinski definition) is 1. The third kappa shape index (κ3) is 4.62. The first-order chi connectivity index (χ1) is 9.69. The average Bonchev–Trinajstić information content (AvgIpc) is 2.48. The number of nitrogens with one attached hydrogen (secondary N) is 1. The molecular formula is C16H19BrN2S. The Balaban J connectivity index is 1.99. The van der Waals surface area contributed by atoms with Crippen molar-refractivity contribution in [2.45, 2.75) is 36.1 Å². The molecule has 1 aromatic carbocycles. The minimum atomic E-state index is 0.307. The van der Waals surface area contributed by atoms with Crippen molar-refractivity contribution in [3.8, 4) is 0 Å². The Morgan fingerprint density at radius 1 is 1.15 bits per heavy atom. The molecule has 0 aliphatic carbocycles. The number of rotatable bonds is 6. The molecule has 0 bridgehead atoms. The van der Waals surface area contributed by atoms with Crippen molar-refractivity contribution in [2.24, 2.45) is 0 Å². The van der Waals surface area contributed by atoms with Gasteiger partial charge in [-0.25, -0.2) is 0 Å². The van der Waals surface area contributed by atoms with Crippen LogP contribution in [0.3, 0.4) is 0 Å². The highest BCUT2D eigenvalue weighted by molar-refractivity contribution is 9.10. The van der Waals surface area contributed by atoms with Gasteiger partial charge in [0.15, 0.2) is 0 Å². The molecule has 2 nitrogen and oxygen atoms in total. The Morgan fingerprint density at radius 2 is 1.85 bits per heavy atom. The molecule has 0 fully saturated rings. The largest absolute Gasteiger partial charge is 0.309 e. The Kier molecular flexibility index (Phi) is 6.07. The molecule has 0 radical (unpaired) electrons. The molecule has 1 heterocycles. The van der Waals surface area contributed by atoms with Gasteiger partial charge < -0.3 is 5.32 Å². The van der Waals surface area contributed by atoms with Gasteiger partial charge in [-0.1, -0.05) is 34.6 Å². The first-order valence-corrected chi connectivity index (χ1v) is 8.42. The molecule has 106 valence electrons. The summed E-state index contributed by atoms with van der Waals surface area (Å²) >= 11 is 5.18. The van der Waals surface area contributed by atoms with Gasteiger partial charge in [-0.05, 0) is 56.3 Å². The number of benzene rings is 1. The van der Waals surface area contributed by atoms with E-state index in [1.54, 1.807) is 11.8 Å². The second-order valence-corrected chi connectivity index (χ2v) is 6.71. The molecular weight excluding hydrogens is 332 g/mol. The van der Waals surface area contributed by atoms with Crippen molar-refractivity contribution in [3.63, 3.8) is 0 Å². The first-order valence-electron chi connectivity index (χ1n) is 6.82. The number of nitrogens with zero attached hydrogens (tertiary/aromatic N) is 1. The summed E-state index contributed by atoms with van der Waals surface area (Å²) in [5.41, 5.74) is 1.10. The van der Waals surface area contributed by atoms with Gasteiger partial charge in [0.2, 0.25) is 0 Å². The van der Waals surface area contributed by atoms with E-state index in [1.165, 1.54) is 9.79 Å². The highest BCUT2D eigenvalue weighted by Crippen LogP contribution is 2.28. The highest BCUT2D eigenvalue weighted by atomic mass is 79.9. The number of halogens is 1. The van der Waals surface area contributed by atoms with Crippen LogP contribution in [0.5, 0.6) is 0 Å². The van der Waals surface area contributed by atoms with Gasteiger partial charge >= 0.3 is 0 Å². The minimum Gasteiger partial charge on any atom is -0.309 e. The zero-order valence-electron chi connectivity index (χ0n) is 11.8. The number of hydrogen-bond acceptors (Lipinski definition) is 3. The van der Waals surface area contributed by atoms with E-state index >= 15 is 0 Å². The molecule has 1 unspecified atom stereocenters. The summed E-state index contributed by atoms with van der Waals surface area (Å²) < 4.78 is 1.10. The molecule has 1 atom stereocenters. The maximum Gasteiger partial charge on any atom is 0.0571 e. The van der Waals surface area contributed by atoms with E-state index in [0.717, 1.165) is 23.1 Å². The quantitative estimate of drug-likeness (QED) is 0.788. The third-order valence-corrected chi connectivity index (χ3v) is 4.47. The van der Waals surface area contributed by atoms with Gasteiger partial charge in [0.05, 0.1) is 5.69 Å². The number of pyridine rings is 1. The van der Waals surface area contributed by atoms with Crippen LogP contribution in [0.1, 0.15) is 32.0 Å². The second-order valence-electron chi connectivity index (χ2n) is 4.65. The van der Waals surface area contributed by atoms with Gasteiger partial charge in [0.25, 0.3) is 0 Å².